The molecule has 2 aliphatic rings. The van der Waals surface area contributed by atoms with Crippen LogP contribution in [0, 0.1) is 0 Å². The number of anilines is 1. The summed E-state index contributed by atoms with van der Waals surface area (Å²) in [6.45, 7) is 8.18. The number of hydrogen-bond acceptors (Lipinski definition) is 5. The Morgan fingerprint density at radius 3 is 2.03 bits per heavy atom. The van der Waals surface area contributed by atoms with Gasteiger partial charge in [0, 0.05) is 23.7 Å². The summed E-state index contributed by atoms with van der Waals surface area (Å²) in [5.41, 5.74) is 11.0. The summed E-state index contributed by atoms with van der Waals surface area (Å²) in [5.74, 6) is -0.0337. The number of nitrogens with one attached hydrogen (secondary N) is 1. The fourth-order valence-corrected chi connectivity index (χ4v) is 5.56. The van der Waals surface area contributed by atoms with Crippen molar-refractivity contribution in [2.75, 3.05) is 18.9 Å². The molecule has 3 aromatic rings. The number of rotatable bonds is 6. The number of alkyl carbamates (subject to hydrolysis) is 1. The lowest BCUT2D eigenvalue weighted by molar-refractivity contribution is 0.00578. The molecule has 5 rings (SSSR count). The zero-order valence-electron chi connectivity index (χ0n) is 22.4. The zero-order valence-corrected chi connectivity index (χ0v) is 23.9. The van der Waals surface area contributed by atoms with E-state index in [1.165, 1.54) is 11.1 Å². The van der Waals surface area contributed by atoms with E-state index < -0.39 is 24.4 Å². The van der Waals surface area contributed by atoms with Gasteiger partial charge in [0.25, 0.3) is 0 Å². The number of benzene rings is 3. The molecule has 1 fully saturated rings. The molecule has 1 amide bonds. The van der Waals surface area contributed by atoms with Gasteiger partial charge in [0.1, 0.15) is 6.61 Å². The minimum Gasteiger partial charge on any atom is -0.449 e. The second-order valence-corrected chi connectivity index (χ2v) is 11.7. The molecule has 9 heteroatoms. The van der Waals surface area contributed by atoms with Crippen LogP contribution in [0.3, 0.4) is 0 Å². The van der Waals surface area contributed by atoms with Crippen LogP contribution in [0.5, 0.6) is 0 Å². The molecule has 1 aliphatic heterocycles. The van der Waals surface area contributed by atoms with Gasteiger partial charge in [-0.2, -0.15) is 0 Å². The van der Waals surface area contributed by atoms with Crippen LogP contribution in [0.1, 0.15) is 50.3 Å². The Morgan fingerprint density at radius 2 is 1.49 bits per heavy atom. The van der Waals surface area contributed by atoms with E-state index in [1.807, 2.05) is 52.0 Å². The molecule has 1 heterocycles. The van der Waals surface area contributed by atoms with Crippen LogP contribution in [-0.2, 0) is 14.0 Å². The van der Waals surface area contributed by atoms with Gasteiger partial charge in [-0.3, -0.25) is 0 Å². The maximum atomic E-state index is 12.9. The van der Waals surface area contributed by atoms with E-state index in [0.29, 0.717) is 26.8 Å². The summed E-state index contributed by atoms with van der Waals surface area (Å²) in [7, 11) is -0.728. The molecule has 3 aromatic carbocycles. The number of halogens is 2. The number of hydrogen-bond donors (Lipinski definition) is 2. The number of ether oxygens (including phenoxy) is 1. The molecule has 0 spiro atoms. The molecule has 1 aliphatic carbocycles. The summed E-state index contributed by atoms with van der Waals surface area (Å²) in [5, 5.41) is 3.63. The second kappa shape index (κ2) is 10.5. The van der Waals surface area contributed by atoms with Crippen molar-refractivity contribution in [2.24, 2.45) is 0 Å². The van der Waals surface area contributed by atoms with Gasteiger partial charge in [0.15, 0.2) is 0 Å². The van der Waals surface area contributed by atoms with Crippen molar-refractivity contribution < 1.29 is 18.8 Å². The van der Waals surface area contributed by atoms with Crippen LogP contribution in [0.4, 0.5) is 10.5 Å². The lowest BCUT2D eigenvalue weighted by Crippen LogP contribution is -2.41. The molecular weight excluding hydrogens is 534 g/mol. The fraction of sp³-hybridized carbons (Fsp3) is 0.300. The normalized spacial score (nSPS) is 17.6. The second-order valence-electron chi connectivity index (χ2n) is 10.9. The van der Waals surface area contributed by atoms with Crippen molar-refractivity contribution in [2.45, 2.75) is 44.8 Å². The Labute approximate surface area is 239 Å². The van der Waals surface area contributed by atoms with E-state index in [2.05, 4.69) is 29.6 Å². The summed E-state index contributed by atoms with van der Waals surface area (Å²) in [6.07, 6.45) is 1.23. The van der Waals surface area contributed by atoms with Gasteiger partial charge < -0.3 is 25.1 Å². The Morgan fingerprint density at radius 1 is 0.974 bits per heavy atom. The Hall–Kier alpha value is -2.97. The van der Waals surface area contributed by atoms with Gasteiger partial charge in [-0.25, -0.2) is 4.79 Å². The zero-order chi connectivity index (χ0) is 27.9. The SMILES string of the molecule is CC1(C)OB(C(=Cc2c(Cl)cc(N)cc2Cl)CNC(=O)OCC2c3ccccc3-c3ccccc32)OC1(C)C. The molecular formula is C30H31BCl2N2O4. The maximum absolute atomic E-state index is 12.9. The predicted molar refractivity (Wildman–Crippen MR) is 158 cm³/mol. The number of carbonyl (C=O) groups excluding carboxylic acids is 1. The van der Waals surface area contributed by atoms with Crippen LogP contribution >= 0.6 is 23.2 Å². The molecule has 0 bridgehead atoms. The molecule has 39 heavy (non-hydrogen) atoms. The van der Waals surface area contributed by atoms with Crippen molar-refractivity contribution in [1.82, 2.24) is 5.32 Å². The predicted octanol–water partition coefficient (Wildman–Crippen LogP) is 7.13. The molecule has 0 atom stereocenters. The minimum absolute atomic E-state index is 0.0337. The summed E-state index contributed by atoms with van der Waals surface area (Å²) in [4.78, 5) is 12.9. The summed E-state index contributed by atoms with van der Waals surface area (Å²) >= 11 is 12.9. The van der Waals surface area contributed by atoms with Crippen molar-refractivity contribution in [1.29, 1.82) is 0 Å². The van der Waals surface area contributed by atoms with Crippen LogP contribution in [0.2, 0.25) is 10.0 Å². The number of carbonyl (C=O) groups is 1. The lowest BCUT2D eigenvalue weighted by Gasteiger charge is -2.32. The molecule has 0 unspecified atom stereocenters. The Balaban J connectivity index is 1.33. The van der Waals surface area contributed by atoms with E-state index >= 15 is 0 Å². The molecule has 0 aromatic heterocycles. The van der Waals surface area contributed by atoms with E-state index in [4.69, 9.17) is 43.0 Å². The molecule has 0 radical (unpaired) electrons. The van der Waals surface area contributed by atoms with Crippen LogP contribution in [-0.4, -0.2) is 37.6 Å². The number of nitrogens with two attached hydrogens (primary N) is 1. The third-order valence-electron chi connectivity index (χ3n) is 7.77. The first-order valence-corrected chi connectivity index (χ1v) is 13.6. The van der Waals surface area contributed by atoms with Crippen molar-refractivity contribution in [3.8, 4) is 11.1 Å². The smallest absolute Gasteiger partial charge is 0.449 e. The molecule has 0 saturated carbocycles. The van der Waals surface area contributed by atoms with Gasteiger partial charge in [0.2, 0.25) is 0 Å². The van der Waals surface area contributed by atoms with Gasteiger partial charge in [-0.05, 0) is 67.6 Å². The van der Waals surface area contributed by atoms with E-state index in [-0.39, 0.29) is 19.1 Å². The minimum atomic E-state index is -0.728. The maximum Gasteiger partial charge on any atom is 0.492 e. The third kappa shape index (κ3) is 5.41. The van der Waals surface area contributed by atoms with Crippen LogP contribution in [0.15, 0.2) is 66.1 Å². The third-order valence-corrected chi connectivity index (χ3v) is 8.39. The topological polar surface area (TPSA) is 82.8 Å². The monoisotopic (exact) mass is 564 g/mol. The summed E-state index contributed by atoms with van der Waals surface area (Å²) in [6, 6.07) is 19.7. The Bertz CT molecular complexity index is 1370. The van der Waals surface area contributed by atoms with Crippen LogP contribution < -0.4 is 11.1 Å². The van der Waals surface area contributed by atoms with Crippen molar-refractivity contribution in [3.05, 3.63) is 92.9 Å². The van der Waals surface area contributed by atoms with Gasteiger partial charge in [-0.1, -0.05) is 77.8 Å². The molecule has 6 nitrogen and oxygen atoms in total. The van der Waals surface area contributed by atoms with E-state index in [9.17, 15) is 4.79 Å². The van der Waals surface area contributed by atoms with Gasteiger partial charge in [0.05, 0.1) is 21.2 Å². The highest BCUT2D eigenvalue weighted by Crippen LogP contribution is 2.44. The first-order chi connectivity index (χ1) is 18.5. The van der Waals surface area contributed by atoms with Crippen molar-refractivity contribution >= 4 is 48.2 Å². The first-order valence-electron chi connectivity index (χ1n) is 12.9. The van der Waals surface area contributed by atoms with Gasteiger partial charge >= 0.3 is 13.2 Å². The van der Waals surface area contributed by atoms with E-state index in [0.717, 1.165) is 11.1 Å². The summed E-state index contributed by atoms with van der Waals surface area (Å²) < 4.78 is 18.2. The number of fused-ring (bicyclic) bond motifs is 3. The highest BCUT2D eigenvalue weighted by atomic mass is 35.5. The molecule has 1 saturated heterocycles. The van der Waals surface area contributed by atoms with E-state index in [1.54, 1.807) is 18.2 Å². The fourth-order valence-electron chi connectivity index (χ4n) is 4.95. The molecule has 3 N–H and O–H groups in total. The quantitative estimate of drug-likeness (QED) is 0.246. The first kappa shape index (κ1) is 27.6. The Kier molecular flexibility index (Phi) is 7.46. The number of amides is 1. The van der Waals surface area contributed by atoms with Crippen LogP contribution in [0.25, 0.3) is 17.2 Å². The lowest BCUT2D eigenvalue weighted by atomic mass is 9.77. The van der Waals surface area contributed by atoms with Crippen molar-refractivity contribution in [3.63, 3.8) is 0 Å². The highest BCUT2D eigenvalue weighted by molar-refractivity contribution is 6.56. The van der Waals surface area contributed by atoms with Gasteiger partial charge in [-0.15, -0.1) is 0 Å². The average molecular weight is 565 g/mol. The standard InChI is InChI=1S/C30H31BCl2N2O4/c1-29(2)30(3,4)39-31(38-29)18(13-24-26(32)14-19(34)15-27(24)33)16-35-28(36)37-17-25-22-11-7-5-9-20(22)21-10-6-8-12-23(21)25/h5-15,25H,16-17,34H2,1-4H3,(H,35,36). The highest BCUT2D eigenvalue weighted by Gasteiger charge is 2.52. The molecule has 202 valence electrons. The average Bonchev–Trinajstić information content (AvgIpc) is 3.31. The number of nitrogen functional groups attached to an aromatic ring is 1. The largest absolute Gasteiger partial charge is 0.492 e.